The van der Waals surface area contributed by atoms with Gasteiger partial charge in [-0.25, -0.2) is 0 Å². The van der Waals surface area contributed by atoms with Gasteiger partial charge in [0.25, 0.3) is 0 Å². The van der Waals surface area contributed by atoms with Crippen molar-refractivity contribution in [2.45, 2.75) is 36.9 Å². The lowest BCUT2D eigenvalue weighted by molar-refractivity contribution is -0.113. The van der Waals surface area contributed by atoms with E-state index in [1.165, 1.54) is 17.3 Å². The third-order valence-electron chi connectivity index (χ3n) is 5.43. The van der Waals surface area contributed by atoms with E-state index in [1.54, 1.807) is 32.4 Å². The first-order valence-electron chi connectivity index (χ1n) is 10.3. The van der Waals surface area contributed by atoms with E-state index >= 15 is 0 Å². The van der Waals surface area contributed by atoms with E-state index in [4.69, 9.17) is 9.47 Å². The lowest BCUT2D eigenvalue weighted by Crippen LogP contribution is -2.15. The average Bonchev–Trinajstić information content (AvgIpc) is 3.50. The molecule has 7 nitrogen and oxygen atoms in total. The molecule has 1 saturated carbocycles. The van der Waals surface area contributed by atoms with Crippen molar-refractivity contribution in [3.05, 3.63) is 59.9 Å². The maximum absolute atomic E-state index is 12.5. The number of carbonyl (C=O) groups is 1. The Morgan fingerprint density at radius 2 is 1.94 bits per heavy atom. The zero-order valence-electron chi connectivity index (χ0n) is 17.9. The molecule has 8 heteroatoms. The number of amides is 1. The van der Waals surface area contributed by atoms with Crippen LogP contribution < -0.4 is 14.8 Å². The van der Waals surface area contributed by atoms with Gasteiger partial charge in [-0.3, -0.25) is 4.79 Å². The first-order chi connectivity index (χ1) is 15.1. The number of benzene rings is 2. The van der Waals surface area contributed by atoms with Gasteiger partial charge in [0.1, 0.15) is 17.3 Å². The minimum absolute atomic E-state index is 0.130. The molecule has 2 unspecified atom stereocenters. The van der Waals surface area contributed by atoms with Crippen LogP contribution in [0.2, 0.25) is 0 Å². The first-order valence-corrected chi connectivity index (χ1v) is 11.3. The van der Waals surface area contributed by atoms with Gasteiger partial charge in [-0.1, -0.05) is 42.1 Å². The van der Waals surface area contributed by atoms with Crippen LogP contribution in [0.15, 0.2) is 53.7 Å². The van der Waals surface area contributed by atoms with Crippen molar-refractivity contribution >= 4 is 23.4 Å². The van der Waals surface area contributed by atoms with E-state index in [0.29, 0.717) is 29.0 Å². The summed E-state index contributed by atoms with van der Waals surface area (Å²) in [7, 11) is 3.15. The van der Waals surface area contributed by atoms with E-state index in [9.17, 15) is 4.79 Å². The maximum Gasteiger partial charge on any atom is 0.234 e. The van der Waals surface area contributed by atoms with Crippen molar-refractivity contribution in [2.24, 2.45) is 0 Å². The second-order valence-electron chi connectivity index (χ2n) is 7.35. The molecule has 2 aromatic carbocycles. The number of methoxy groups -OCH3 is 2. The predicted molar refractivity (Wildman–Crippen MR) is 121 cm³/mol. The topological polar surface area (TPSA) is 78.3 Å². The van der Waals surface area contributed by atoms with Gasteiger partial charge in [-0.2, -0.15) is 0 Å². The number of carbonyl (C=O) groups excluding carboxylic acids is 1. The largest absolute Gasteiger partial charge is 0.497 e. The fourth-order valence-corrected chi connectivity index (χ4v) is 4.55. The molecule has 0 spiro atoms. The molecular formula is C23H26N4O3S. The zero-order chi connectivity index (χ0) is 21.8. The van der Waals surface area contributed by atoms with Crippen LogP contribution in [0.4, 0.5) is 5.69 Å². The summed E-state index contributed by atoms with van der Waals surface area (Å²) in [5.74, 6) is 3.23. The molecule has 1 aromatic heterocycles. The Morgan fingerprint density at radius 1 is 1.13 bits per heavy atom. The maximum atomic E-state index is 12.5. The molecule has 1 amide bonds. The Kier molecular flexibility index (Phi) is 6.46. The molecular weight excluding hydrogens is 412 g/mol. The Balaban J connectivity index is 1.39. The van der Waals surface area contributed by atoms with Crippen LogP contribution in [0.1, 0.15) is 36.6 Å². The van der Waals surface area contributed by atoms with Crippen LogP contribution in [0.25, 0.3) is 0 Å². The Labute approximate surface area is 186 Å². The van der Waals surface area contributed by atoms with E-state index in [-0.39, 0.29) is 11.7 Å². The second-order valence-corrected chi connectivity index (χ2v) is 8.29. The number of aromatic nitrogens is 3. The summed E-state index contributed by atoms with van der Waals surface area (Å²) in [6.07, 6.45) is 1.09. The Morgan fingerprint density at radius 3 is 2.65 bits per heavy atom. The summed E-state index contributed by atoms with van der Waals surface area (Å²) < 4.78 is 12.7. The molecule has 162 valence electrons. The number of nitrogens with zero attached hydrogens (tertiary/aromatic N) is 3. The summed E-state index contributed by atoms with van der Waals surface area (Å²) in [6, 6.07) is 15.8. The number of hydrogen-bond acceptors (Lipinski definition) is 6. The van der Waals surface area contributed by atoms with E-state index in [0.717, 1.165) is 23.9 Å². The third kappa shape index (κ3) is 4.69. The number of nitrogens with one attached hydrogen (secondary N) is 1. The molecule has 4 rings (SSSR count). The van der Waals surface area contributed by atoms with E-state index in [2.05, 4.69) is 51.3 Å². The van der Waals surface area contributed by atoms with E-state index in [1.807, 2.05) is 6.07 Å². The van der Waals surface area contributed by atoms with Crippen molar-refractivity contribution < 1.29 is 14.3 Å². The van der Waals surface area contributed by atoms with Crippen molar-refractivity contribution in [1.82, 2.24) is 14.8 Å². The van der Waals surface area contributed by atoms with Gasteiger partial charge in [-0.15, -0.1) is 10.2 Å². The smallest absolute Gasteiger partial charge is 0.234 e. The lowest BCUT2D eigenvalue weighted by atomic mass is 10.1. The molecule has 1 aliphatic rings. The molecule has 1 heterocycles. The van der Waals surface area contributed by atoms with Crippen molar-refractivity contribution in [2.75, 3.05) is 25.3 Å². The summed E-state index contributed by atoms with van der Waals surface area (Å²) in [5, 5.41) is 12.5. The standard InChI is InChI=1S/C23H26N4O3S/c1-4-27-22(18-13-17(18)15-8-6-5-7-9-15)25-26-23(27)31-14-21(28)24-19-11-10-16(29-2)12-20(19)30-3/h5-12,17-18H,4,13-14H2,1-3H3,(H,24,28). The van der Waals surface area contributed by atoms with Crippen molar-refractivity contribution in [3.63, 3.8) is 0 Å². The van der Waals surface area contributed by atoms with Gasteiger partial charge >= 0.3 is 0 Å². The Hall–Kier alpha value is -3.00. The molecule has 0 saturated heterocycles. The highest BCUT2D eigenvalue weighted by atomic mass is 32.2. The normalized spacial score (nSPS) is 17.3. The fraction of sp³-hybridized carbons (Fsp3) is 0.348. The van der Waals surface area contributed by atoms with Gasteiger partial charge in [-0.05, 0) is 37.0 Å². The van der Waals surface area contributed by atoms with E-state index < -0.39 is 0 Å². The molecule has 31 heavy (non-hydrogen) atoms. The fourth-order valence-electron chi connectivity index (χ4n) is 3.75. The van der Waals surface area contributed by atoms with Crippen LogP contribution in [0, 0.1) is 0 Å². The molecule has 2 atom stereocenters. The molecule has 0 aliphatic heterocycles. The van der Waals surface area contributed by atoms with Gasteiger partial charge in [0, 0.05) is 18.5 Å². The highest BCUT2D eigenvalue weighted by Crippen LogP contribution is 2.54. The molecule has 1 N–H and O–H groups in total. The minimum atomic E-state index is -0.130. The summed E-state index contributed by atoms with van der Waals surface area (Å²) in [4.78, 5) is 12.5. The van der Waals surface area contributed by atoms with Gasteiger partial charge < -0.3 is 19.4 Å². The SMILES string of the molecule is CCn1c(SCC(=O)Nc2ccc(OC)cc2OC)nnc1C1CC1c1ccccc1. The molecule has 0 radical (unpaired) electrons. The number of anilines is 1. The number of ether oxygens (including phenoxy) is 2. The first kappa shape index (κ1) is 21.2. The predicted octanol–water partition coefficient (Wildman–Crippen LogP) is 4.32. The van der Waals surface area contributed by atoms with Gasteiger partial charge in [0.15, 0.2) is 5.16 Å². The quantitative estimate of drug-likeness (QED) is 0.502. The van der Waals surface area contributed by atoms with Crippen LogP contribution >= 0.6 is 11.8 Å². The second kappa shape index (κ2) is 9.43. The van der Waals surface area contributed by atoms with Crippen molar-refractivity contribution in [3.8, 4) is 11.5 Å². The minimum Gasteiger partial charge on any atom is -0.497 e. The van der Waals surface area contributed by atoms with Crippen LogP contribution in [-0.4, -0.2) is 40.6 Å². The highest BCUT2D eigenvalue weighted by molar-refractivity contribution is 7.99. The number of hydrogen-bond donors (Lipinski definition) is 1. The summed E-state index contributed by atoms with van der Waals surface area (Å²) >= 11 is 1.39. The average molecular weight is 439 g/mol. The van der Waals surface area contributed by atoms with Crippen LogP contribution in [0.3, 0.4) is 0 Å². The summed E-state index contributed by atoms with van der Waals surface area (Å²) in [5.41, 5.74) is 1.95. The van der Waals surface area contributed by atoms with Crippen LogP contribution in [-0.2, 0) is 11.3 Å². The monoisotopic (exact) mass is 438 g/mol. The van der Waals surface area contributed by atoms with Gasteiger partial charge in [0.05, 0.1) is 25.7 Å². The Bertz CT molecular complexity index is 1050. The van der Waals surface area contributed by atoms with Crippen molar-refractivity contribution in [1.29, 1.82) is 0 Å². The molecule has 0 bridgehead atoms. The third-order valence-corrected chi connectivity index (χ3v) is 6.39. The molecule has 1 fully saturated rings. The number of rotatable bonds is 9. The van der Waals surface area contributed by atoms with Gasteiger partial charge in [0.2, 0.25) is 5.91 Å². The highest BCUT2D eigenvalue weighted by Gasteiger charge is 2.43. The van der Waals surface area contributed by atoms with Crippen LogP contribution in [0.5, 0.6) is 11.5 Å². The summed E-state index contributed by atoms with van der Waals surface area (Å²) in [6.45, 7) is 2.86. The molecule has 1 aliphatic carbocycles. The molecule has 3 aromatic rings. The lowest BCUT2D eigenvalue weighted by Gasteiger charge is -2.11. The zero-order valence-corrected chi connectivity index (χ0v) is 18.7. The number of thioether (sulfide) groups is 1.